The molecule has 10 heteroatoms. The van der Waals surface area contributed by atoms with Gasteiger partial charge in [0, 0.05) is 36.6 Å². The van der Waals surface area contributed by atoms with Gasteiger partial charge in [-0.1, -0.05) is 17.7 Å². The fraction of sp³-hybridized carbons (Fsp3) is 0.360. The molecular formula is C25H25ClF2N4O2S. The molecule has 184 valence electrons. The first-order chi connectivity index (χ1) is 16.7. The molecule has 1 saturated heterocycles. The van der Waals surface area contributed by atoms with Crippen molar-refractivity contribution in [1.29, 1.82) is 5.26 Å². The summed E-state index contributed by atoms with van der Waals surface area (Å²) in [5.41, 5.74) is 6.08. The van der Waals surface area contributed by atoms with Gasteiger partial charge in [-0.25, -0.2) is 8.78 Å². The Balaban J connectivity index is 1.79. The van der Waals surface area contributed by atoms with E-state index in [1.165, 1.54) is 12.1 Å². The van der Waals surface area contributed by atoms with E-state index in [0.717, 1.165) is 37.0 Å². The number of aldehydes is 1. The number of ether oxygens (including phenoxy) is 1. The van der Waals surface area contributed by atoms with Crippen LogP contribution in [0.4, 0.5) is 13.8 Å². The number of hydrogen-bond donors (Lipinski definition) is 1. The van der Waals surface area contributed by atoms with Crippen LogP contribution in [0.2, 0.25) is 5.02 Å². The first-order valence-corrected chi connectivity index (χ1v) is 12.3. The number of carbonyl (C=O) groups is 1. The third-order valence-corrected chi connectivity index (χ3v) is 7.88. The summed E-state index contributed by atoms with van der Waals surface area (Å²) in [6.45, 7) is 7.07. The minimum atomic E-state index is -0.785. The summed E-state index contributed by atoms with van der Waals surface area (Å²) in [6.07, 6.45) is 0.489. The zero-order valence-electron chi connectivity index (χ0n) is 19.6. The van der Waals surface area contributed by atoms with Crippen LogP contribution in [0.3, 0.4) is 0 Å². The molecule has 0 aliphatic carbocycles. The third-order valence-electron chi connectivity index (χ3n) is 6.49. The lowest BCUT2D eigenvalue weighted by molar-refractivity contribution is 0.0487. The van der Waals surface area contributed by atoms with Gasteiger partial charge in [-0.15, -0.1) is 11.3 Å². The SMILES string of the molecule is CC(C)N1CCN(C)C(COc2c(C=O)cc(F)c(-c3ccc(F)c4sc(N)c(C#N)c34)c2Cl)C1. The Hall–Kier alpha value is -2.77. The largest absolute Gasteiger partial charge is 0.490 e. The summed E-state index contributed by atoms with van der Waals surface area (Å²) in [6, 6.07) is 5.97. The van der Waals surface area contributed by atoms with Crippen LogP contribution in [0.5, 0.6) is 5.75 Å². The van der Waals surface area contributed by atoms with Gasteiger partial charge in [0.05, 0.1) is 26.9 Å². The normalized spacial score (nSPS) is 17.1. The lowest BCUT2D eigenvalue weighted by Crippen LogP contribution is -2.55. The zero-order valence-corrected chi connectivity index (χ0v) is 21.1. The summed E-state index contributed by atoms with van der Waals surface area (Å²) in [5.74, 6) is -1.31. The van der Waals surface area contributed by atoms with Gasteiger partial charge in [0.25, 0.3) is 0 Å². The fourth-order valence-electron chi connectivity index (χ4n) is 4.41. The predicted octanol–water partition coefficient (Wildman–Crippen LogP) is 5.17. The molecule has 1 fully saturated rings. The summed E-state index contributed by atoms with van der Waals surface area (Å²) >= 11 is 7.57. The van der Waals surface area contributed by atoms with Crippen molar-refractivity contribution in [2.24, 2.45) is 0 Å². The molecule has 1 atom stereocenters. The number of halogens is 3. The zero-order chi connectivity index (χ0) is 25.4. The smallest absolute Gasteiger partial charge is 0.153 e. The Kier molecular flexibility index (Phi) is 7.29. The van der Waals surface area contributed by atoms with E-state index in [-0.39, 0.29) is 60.8 Å². The number of fused-ring (bicyclic) bond motifs is 1. The van der Waals surface area contributed by atoms with E-state index in [2.05, 4.69) is 23.6 Å². The minimum absolute atomic E-state index is 0.0286. The second-order valence-electron chi connectivity index (χ2n) is 8.87. The number of carbonyl (C=O) groups excluding carboxylic acids is 1. The number of piperazine rings is 1. The number of nitrogen functional groups attached to an aromatic ring is 1. The van der Waals surface area contributed by atoms with Gasteiger partial charge in [-0.3, -0.25) is 14.6 Å². The number of nitrogens with zero attached hydrogens (tertiary/aromatic N) is 3. The van der Waals surface area contributed by atoms with E-state index in [1.807, 2.05) is 13.1 Å². The lowest BCUT2D eigenvalue weighted by Gasteiger charge is -2.41. The van der Waals surface area contributed by atoms with E-state index < -0.39 is 11.6 Å². The number of likely N-dealkylation sites (N-methyl/N-ethyl adjacent to an activating group) is 1. The molecule has 4 rings (SSSR count). The van der Waals surface area contributed by atoms with Gasteiger partial charge >= 0.3 is 0 Å². The number of benzene rings is 2. The standard InChI is InChI=1S/C25H25ClF2N4O2S/c1-13(2)32-7-6-31(3)15(10-32)12-34-23-14(11-33)8-19(28)21(22(23)26)16-4-5-18(27)24-20(16)17(9-29)25(30)35-24/h4-5,8,11,13,15H,6-7,10,12,30H2,1-3H3. The first kappa shape index (κ1) is 25.3. The van der Waals surface area contributed by atoms with Crippen LogP contribution in [0.15, 0.2) is 18.2 Å². The number of hydrogen-bond acceptors (Lipinski definition) is 7. The number of rotatable bonds is 6. The Morgan fingerprint density at radius 2 is 2.09 bits per heavy atom. The molecule has 0 spiro atoms. The van der Waals surface area contributed by atoms with Crippen LogP contribution in [-0.4, -0.2) is 61.5 Å². The fourth-order valence-corrected chi connectivity index (χ4v) is 5.71. The van der Waals surface area contributed by atoms with E-state index in [9.17, 15) is 14.4 Å². The van der Waals surface area contributed by atoms with Crippen LogP contribution in [0, 0.1) is 23.0 Å². The maximum atomic E-state index is 15.3. The second-order valence-corrected chi connectivity index (χ2v) is 10.3. The van der Waals surface area contributed by atoms with Crippen LogP contribution < -0.4 is 10.5 Å². The molecule has 1 aromatic heterocycles. The van der Waals surface area contributed by atoms with Crippen molar-refractivity contribution in [1.82, 2.24) is 9.80 Å². The van der Waals surface area contributed by atoms with E-state index in [0.29, 0.717) is 12.3 Å². The number of nitrogens with two attached hydrogens (primary N) is 1. The maximum Gasteiger partial charge on any atom is 0.153 e. The predicted molar refractivity (Wildman–Crippen MR) is 135 cm³/mol. The molecule has 0 saturated carbocycles. The van der Waals surface area contributed by atoms with Gasteiger partial charge in [0.2, 0.25) is 0 Å². The molecule has 2 N–H and O–H groups in total. The summed E-state index contributed by atoms with van der Waals surface area (Å²) in [5, 5.41) is 9.79. The molecule has 0 bridgehead atoms. The number of anilines is 1. The van der Waals surface area contributed by atoms with E-state index >= 15 is 4.39 Å². The molecule has 2 aromatic carbocycles. The van der Waals surface area contributed by atoms with E-state index in [4.69, 9.17) is 22.1 Å². The summed E-state index contributed by atoms with van der Waals surface area (Å²) in [4.78, 5) is 16.3. The van der Waals surface area contributed by atoms with Gasteiger partial charge in [0.1, 0.15) is 35.1 Å². The minimum Gasteiger partial charge on any atom is -0.490 e. The van der Waals surface area contributed by atoms with Crippen molar-refractivity contribution >= 4 is 44.3 Å². The highest BCUT2D eigenvalue weighted by molar-refractivity contribution is 7.23. The molecule has 2 heterocycles. The molecule has 0 radical (unpaired) electrons. The quantitative estimate of drug-likeness (QED) is 0.453. The molecule has 1 aliphatic heterocycles. The maximum absolute atomic E-state index is 15.3. The van der Waals surface area contributed by atoms with Crippen molar-refractivity contribution in [3.63, 3.8) is 0 Å². The van der Waals surface area contributed by atoms with Crippen LogP contribution in [0.25, 0.3) is 21.2 Å². The van der Waals surface area contributed by atoms with Crippen LogP contribution >= 0.6 is 22.9 Å². The highest BCUT2D eigenvalue weighted by Crippen LogP contribution is 2.46. The molecule has 35 heavy (non-hydrogen) atoms. The first-order valence-electron chi connectivity index (χ1n) is 11.1. The molecule has 1 aliphatic rings. The average Bonchev–Trinajstić information content (AvgIpc) is 3.17. The Bertz CT molecular complexity index is 1340. The van der Waals surface area contributed by atoms with Crippen molar-refractivity contribution in [3.8, 4) is 22.9 Å². The Labute approximate surface area is 211 Å². The molecular weight excluding hydrogens is 494 g/mol. The number of nitriles is 1. The highest BCUT2D eigenvalue weighted by Gasteiger charge is 2.29. The highest BCUT2D eigenvalue weighted by atomic mass is 35.5. The topological polar surface area (TPSA) is 82.6 Å². The van der Waals surface area contributed by atoms with Crippen molar-refractivity contribution < 1.29 is 18.3 Å². The second kappa shape index (κ2) is 10.1. The van der Waals surface area contributed by atoms with Crippen molar-refractivity contribution in [3.05, 3.63) is 46.0 Å². The van der Waals surface area contributed by atoms with Gasteiger partial charge in [-0.2, -0.15) is 5.26 Å². The summed E-state index contributed by atoms with van der Waals surface area (Å²) in [7, 11) is 2.00. The molecule has 1 unspecified atom stereocenters. The van der Waals surface area contributed by atoms with Gasteiger partial charge < -0.3 is 10.5 Å². The lowest BCUT2D eigenvalue weighted by atomic mass is 9.97. The van der Waals surface area contributed by atoms with Gasteiger partial charge in [0.15, 0.2) is 6.29 Å². The molecule has 3 aromatic rings. The molecule has 6 nitrogen and oxygen atoms in total. The summed E-state index contributed by atoms with van der Waals surface area (Å²) < 4.78 is 36.0. The molecule has 0 amide bonds. The Morgan fingerprint density at radius 1 is 1.34 bits per heavy atom. The van der Waals surface area contributed by atoms with Gasteiger partial charge in [-0.05, 0) is 38.6 Å². The van der Waals surface area contributed by atoms with Crippen LogP contribution in [0.1, 0.15) is 29.8 Å². The van der Waals surface area contributed by atoms with Crippen molar-refractivity contribution in [2.45, 2.75) is 25.9 Å². The Morgan fingerprint density at radius 3 is 2.74 bits per heavy atom. The number of thiophene rings is 1. The average molecular weight is 519 g/mol. The monoisotopic (exact) mass is 518 g/mol. The van der Waals surface area contributed by atoms with Crippen molar-refractivity contribution in [2.75, 3.05) is 39.0 Å². The van der Waals surface area contributed by atoms with E-state index in [1.54, 1.807) is 0 Å². The third kappa shape index (κ3) is 4.59. The van der Waals surface area contributed by atoms with Crippen LogP contribution in [-0.2, 0) is 0 Å².